The van der Waals surface area contributed by atoms with E-state index in [1.54, 1.807) is 19.2 Å². The molecule has 25 heavy (non-hydrogen) atoms. The lowest BCUT2D eigenvalue weighted by atomic mass is 9.93. The molecule has 0 saturated heterocycles. The number of hydrogen-bond donors (Lipinski definition) is 2. The molecule has 4 nitrogen and oxygen atoms in total. The zero-order valence-electron chi connectivity index (χ0n) is 14.7. The van der Waals surface area contributed by atoms with Gasteiger partial charge < -0.3 is 9.84 Å². The summed E-state index contributed by atoms with van der Waals surface area (Å²) in [5.74, 6) is 1.38. The Morgan fingerprint density at radius 2 is 2.04 bits per heavy atom. The largest absolute Gasteiger partial charge is 0.508 e. The molecule has 0 aliphatic carbocycles. The van der Waals surface area contributed by atoms with Crippen molar-refractivity contribution in [2.24, 2.45) is 10.9 Å². The van der Waals surface area contributed by atoms with E-state index in [0.29, 0.717) is 17.4 Å². The Balaban J connectivity index is 1.99. The van der Waals surface area contributed by atoms with Gasteiger partial charge in [0, 0.05) is 28.8 Å². The molecule has 0 fully saturated rings. The maximum Gasteiger partial charge on any atom is 0.120 e. The van der Waals surface area contributed by atoms with Crippen molar-refractivity contribution in [3.05, 3.63) is 58.6 Å². The van der Waals surface area contributed by atoms with Gasteiger partial charge in [-0.3, -0.25) is 10.3 Å². The van der Waals surface area contributed by atoms with Crippen LogP contribution in [0.4, 0.5) is 0 Å². The molecule has 0 saturated carbocycles. The van der Waals surface area contributed by atoms with Crippen molar-refractivity contribution < 1.29 is 9.84 Å². The molecule has 1 aliphatic rings. The highest BCUT2D eigenvalue weighted by atomic mass is 35.5. The second-order valence-electron chi connectivity index (χ2n) is 6.62. The summed E-state index contributed by atoms with van der Waals surface area (Å²) in [4.78, 5) is 4.89. The molecule has 0 unspecified atom stereocenters. The van der Waals surface area contributed by atoms with Crippen LogP contribution in [-0.2, 0) is 0 Å². The van der Waals surface area contributed by atoms with Crippen LogP contribution < -0.4 is 10.1 Å². The summed E-state index contributed by atoms with van der Waals surface area (Å²) in [6.45, 7) is 4.26. The molecular formula is C20H23ClN2O2. The maximum atomic E-state index is 10.3. The van der Waals surface area contributed by atoms with E-state index in [1.807, 2.05) is 30.3 Å². The zero-order chi connectivity index (χ0) is 18.0. The second kappa shape index (κ2) is 7.46. The van der Waals surface area contributed by atoms with E-state index in [1.165, 1.54) is 0 Å². The summed E-state index contributed by atoms with van der Waals surface area (Å²) in [5.41, 5.74) is 2.84. The van der Waals surface area contributed by atoms with E-state index in [9.17, 15) is 5.11 Å². The molecule has 0 amide bonds. The average Bonchev–Trinajstić information content (AvgIpc) is 2.63. The molecule has 3 rings (SSSR count). The summed E-state index contributed by atoms with van der Waals surface area (Å²) < 4.78 is 5.34. The number of halogens is 1. The van der Waals surface area contributed by atoms with E-state index in [4.69, 9.17) is 21.3 Å². The molecule has 0 bridgehead atoms. The van der Waals surface area contributed by atoms with Crippen LogP contribution in [0.3, 0.4) is 0 Å². The second-order valence-corrected chi connectivity index (χ2v) is 7.06. The van der Waals surface area contributed by atoms with Crippen molar-refractivity contribution in [1.82, 2.24) is 5.32 Å². The van der Waals surface area contributed by atoms with Crippen molar-refractivity contribution in [3.8, 4) is 11.5 Å². The van der Waals surface area contributed by atoms with Crippen molar-refractivity contribution in [3.63, 3.8) is 0 Å². The number of aliphatic imine (C=N–C) groups is 1. The van der Waals surface area contributed by atoms with Gasteiger partial charge in [-0.05, 0) is 41.8 Å². The first-order chi connectivity index (χ1) is 12.0. The third-order valence-corrected chi connectivity index (χ3v) is 4.70. The molecule has 132 valence electrons. The Morgan fingerprint density at radius 3 is 2.76 bits per heavy atom. The lowest BCUT2D eigenvalue weighted by Gasteiger charge is -2.32. The van der Waals surface area contributed by atoms with Crippen molar-refractivity contribution in [2.75, 3.05) is 7.11 Å². The van der Waals surface area contributed by atoms with E-state index in [0.717, 1.165) is 22.6 Å². The van der Waals surface area contributed by atoms with Crippen LogP contribution in [0.25, 0.3) is 0 Å². The van der Waals surface area contributed by atoms with Crippen LogP contribution in [0.15, 0.2) is 47.5 Å². The number of rotatable bonds is 4. The molecule has 0 radical (unpaired) electrons. The zero-order valence-corrected chi connectivity index (χ0v) is 15.4. The molecule has 0 aromatic heterocycles. The number of nitrogens with one attached hydrogen (secondary N) is 1. The summed E-state index contributed by atoms with van der Waals surface area (Å²) in [6, 6.07) is 13.0. The first-order valence-electron chi connectivity index (χ1n) is 8.43. The third kappa shape index (κ3) is 3.97. The molecule has 1 aliphatic heterocycles. The molecular weight excluding hydrogens is 336 g/mol. The van der Waals surface area contributed by atoms with Gasteiger partial charge in [-0.25, -0.2) is 0 Å². The SMILES string of the molecule is COc1cccc(C2=N[C@H](C(C)C)N[C@@H](c3cc(Cl)ccc3O)C2)c1. The predicted octanol–water partition coefficient (Wildman–Crippen LogP) is 4.56. The quantitative estimate of drug-likeness (QED) is 0.842. The fourth-order valence-corrected chi connectivity index (χ4v) is 3.24. The number of benzene rings is 2. The van der Waals surface area contributed by atoms with Gasteiger partial charge >= 0.3 is 0 Å². The Morgan fingerprint density at radius 1 is 1.24 bits per heavy atom. The summed E-state index contributed by atoms with van der Waals surface area (Å²) in [6.07, 6.45) is 0.642. The van der Waals surface area contributed by atoms with Gasteiger partial charge in [0.1, 0.15) is 17.7 Å². The molecule has 2 N–H and O–H groups in total. The first kappa shape index (κ1) is 17.8. The fourth-order valence-electron chi connectivity index (χ4n) is 3.06. The average molecular weight is 359 g/mol. The van der Waals surface area contributed by atoms with Crippen LogP contribution in [0.5, 0.6) is 11.5 Å². The van der Waals surface area contributed by atoms with Crippen LogP contribution >= 0.6 is 11.6 Å². The van der Waals surface area contributed by atoms with Crippen LogP contribution in [0.2, 0.25) is 5.02 Å². The van der Waals surface area contributed by atoms with Crippen LogP contribution in [0, 0.1) is 5.92 Å². The Bertz CT molecular complexity index is 789. The highest BCUT2D eigenvalue weighted by molar-refractivity contribution is 6.30. The summed E-state index contributed by atoms with van der Waals surface area (Å²) in [5, 5.41) is 14.4. The van der Waals surface area contributed by atoms with E-state index >= 15 is 0 Å². The minimum atomic E-state index is -0.0511. The van der Waals surface area contributed by atoms with E-state index in [-0.39, 0.29) is 18.0 Å². The van der Waals surface area contributed by atoms with Gasteiger partial charge in [0.2, 0.25) is 0 Å². The van der Waals surface area contributed by atoms with Crippen LogP contribution in [-0.4, -0.2) is 24.1 Å². The number of phenolic OH excluding ortho intramolecular Hbond substituents is 1. The molecule has 0 spiro atoms. The van der Waals surface area contributed by atoms with Crippen molar-refractivity contribution in [1.29, 1.82) is 0 Å². The van der Waals surface area contributed by atoms with Gasteiger partial charge in [-0.15, -0.1) is 0 Å². The van der Waals surface area contributed by atoms with E-state index < -0.39 is 0 Å². The number of phenols is 1. The first-order valence-corrected chi connectivity index (χ1v) is 8.81. The maximum absolute atomic E-state index is 10.3. The Labute approximate surface area is 153 Å². The molecule has 2 aromatic carbocycles. The highest BCUT2D eigenvalue weighted by Gasteiger charge is 2.28. The van der Waals surface area contributed by atoms with Gasteiger partial charge in [0.05, 0.1) is 7.11 Å². The summed E-state index contributed by atoms with van der Waals surface area (Å²) in [7, 11) is 1.66. The molecule has 2 atom stereocenters. The standard InChI is InChI=1S/C20H23ClN2O2/c1-12(2)20-22-17(13-5-4-6-15(9-13)25-3)11-18(23-20)16-10-14(21)7-8-19(16)24/h4-10,12,18,20,23-24H,11H2,1-3H3/t18-,20+/m1/s1. The minimum Gasteiger partial charge on any atom is -0.508 e. The number of nitrogens with zero attached hydrogens (tertiary/aromatic N) is 1. The monoisotopic (exact) mass is 358 g/mol. The predicted molar refractivity (Wildman–Crippen MR) is 102 cm³/mol. The minimum absolute atomic E-state index is 0.0293. The highest BCUT2D eigenvalue weighted by Crippen LogP contribution is 2.34. The van der Waals surface area contributed by atoms with Gasteiger partial charge in [-0.2, -0.15) is 0 Å². The molecule has 5 heteroatoms. The number of methoxy groups -OCH3 is 1. The third-order valence-electron chi connectivity index (χ3n) is 4.46. The molecule has 2 aromatic rings. The summed E-state index contributed by atoms with van der Waals surface area (Å²) >= 11 is 6.14. The lowest BCUT2D eigenvalue weighted by Crippen LogP contribution is -2.41. The van der Waals surface area contributed by atoms with Gasteiger partial charge in [0.25, 0.3) is 0 Å². The van der Waals surface area contributed by atoms with E-state index in [2.05, 4.69) is 19.2 Å². The Kier molecular flexibility index (Phi) is 5.30. The number of ether oxygens (including phenoxy) is 1. The van der Waals surface area contributed by atoms with Crippen molar-refractivity contribution in [2.45, 2.75) is 32.5 Å². The smallest absolute Gasteiger partial charge is 0.120 e. The Hall–Kier alpha value is -2.04. The van der Waals surface area contributed by atoms with Crippen molar-refractivity contribution >= 4 is 17.3 Å². The lowest BCUT2D eigenvalue weighted by molar-refractivity contribution is 0.345. The topological polar surface area (TPSA) is 53.8 Å². The number of hydrogen-bond acceptors (Lipinski definition) is 4. The van der Waals surface area contributed by atoms with Gasteiger partial charge in [-0.1, -0.05) is 37.6 Å². The fraction of sp³-hybridized carbons (Fsp3) is 0.350. The number of aromatic hydroxyl groups is 1. The molecule has 1 heterocycles. The van der Waals surface area contributed by atoms with Gasteiger partial charge in [0.15, 0.2) is 0 Å². The van der Waals surface area contributed by atoms with Crippen LogP contribution in [0.1, 0.15) is 37.4 Å². The normalized spacial score (nSPS) is 20.4.